The molecule has 0 fully saturated rings. The highest BCUT2D eigenvalue weighted by Crippen LogP contribution is 2.18. The van der Waals surface area contributed by atoms with Crippen molar-refractivity contribution in [2.75, 3.05) is 20.1 Å². The number of hydrogen-bond acceptors (Lipinski definition) is 3. The molecule has 0 aliphatic rings. The Morgan fingerprint density at radius 1 is 1.21 bits per heavy atom. The van der Waals surface area contributed by atoms with Crippen LogP contribution >= 0.6 is 12.4 Å². The molecule has 0 saturated carbocycles. The van der Waals surface area contributed by atoms with E-state index in [-0.39, 0.29) is 23.6 Å². The van der Waals surface area contributed by atoms with Gasteiger partial charge in [-0.3, -0.25) is 0 Å². The van der Waals surface area contributed by atoms with Crippen molar-refractivity contribution in [3.63, 3.8) is 0 Å². The fourth-order valence-corrected chi connectivity index (χ4v) is 3.04. The molecule has 0 unspecified atom stereocenters. The van der Waals surface area contributed by atoms with Gasteiger partial charge in [-0.1, -0.05) is 44.2 Å². The highest BCUT2D eigenvalue weighted by Gasteiger charge is 2.25. The molecule has 0 amide bonds. The summed E-state index contributed by atoms with van der Waals surface area (Å²) in [5.74, 6) is 0.0327. The molecular formula is C13H23ClN2O2S. The predicted octanol–water partition coefficient (Wildman–Crippen LogP) is 1.85. The van der Waals surface area contributed by atoms with Crippen LogP contribution in [0.4, 0.5) is 0 Å². The Balaban J connectivity index is 0.00000324. The number of hydrogen-bond donors (Lipinski definition) is 1. The third-order valence-corrected chi connectivity index (χ3v) is 4.65. The first-order valence-electron chi connectivity index (χ1n) is 5.95. The second-order valence-electron chi connectivity index (χ2n) is 5.37. The maximum atomic E-state index is 12.2. The highest BCUT2D eigenvalue weighted by atomic mass is 35.5. The van der Waals surface area contributed by atoms with Gasteiger partial charge in [0.1, 0.15) is 0 Å². The van der Waals surface area contributed by atoms with Gasteiger partial charge in [-0.15, -0.1) is 12.4 Å². The Morgan fingerprint density at radius 2 is 1.74 bits per heavy atom. The number of nitrogens with two attached hydrogens (primary N) is 1. The van der Waals surface area contributed by atoms with Crippen LogP contribution in [0.15, 0.2) is 30.3 Å². The van der Waals surface area contributed by atoms with Gasteiger partial charge in [0.15, 0.2) is 0 Å². The molecule has 1 aromatic carbocycles. The first kappa shape index (κ1) is 18.4. The molecule has 1 rings (SSSR count). The Hall–Kier alpha value is -0.620. The average Bonchev–Trinajstić information content (AvgIpc) is 2.29. The second kappa shape index (κ2) is 7.24. The summed E-state index contributed by atoms with van der Waals surface area (Å²) in [7, 11) is -1.67. The minimum Gasteiger partial charge on any atom is -0.330 e. The lowest BCUT2D eigenvalue weighted by Crippen LogP contribution is -2.40. The van der Waals surface area contributed by atoms with Crippen molar-refractivity contribution in [3.8, 4) is 0 Å². The number of nitrogens with zero attached hydrogens (tertiary/aromatic N) is 1. The Morgan fingerprint density at radius 3 is 2.21 bits per heavy atom. The SMILES string of the molecule is CN(CC(C)(C)CN)S(=O)(=O)Cc1ccccc1.Cl. The summed E-state index contributed by atoms with van der Waals surface area (Å²) in [6.07, 6.45) is 0. The topological polar surface area (TPSA) is 63.4 Å². The Bertz CT molecular complexity index is 475. The smallest absolute Gasteiger partial charge is 0.218 e. The Labute approximate surface area is 122 Å². The minimum atomic E-state index is -3.28. The van der Waals surface area contributed by atoms with Crippen LogP contribution in [0.3, 0.4) is 0 Å². The van der Waals surface area contributed by atoms with E-state index in [4.69, 9.17) is 5.73 Å². The lowest BCUT2D eigenvalue weighted by molar-refractivity contribution is 0.291. The van der Waals surface area contributed by atoms with E-state index < -0.39 is 10.0 Å². The molecule has 0 heterocycles. The molecule has 6 heteroatoms. The zero-order valence-corrected chi connectivity index (χ0v) is 13.3. The molecule has 0 saturated heterocycles. The van der Waals surface area contributed by atoms with Crippen molar-refractivity contribution in [3.05, 3.63) is 35.9 Å². The quantitative estimate of drug-likeness (QED) is 0.872. The van der Waals surface area contributed by atoms with Gasteiger partial charge in [-0.25, -0.2) is 12.7 Å². The zero-order chi connectivity index (χ0) is 13.8. The summed E-state index contributed by atoms with van der Waals surface area (Å²) in [6, 6.07) is 9.19. The van der Waals surface area contributed by atoms with Crippen molar-refractivity contribution < 1.29 is 8.42 Å². The molecule has 1 aromatic rings. The normalized spacial score (nSPS) is 12.3. The number of rotatable bonds is 6. The van der Waals surface area contributed by atoms with E-state index in [1.807, 2.05) is 44.2 Å². The first-order valence-corrected chi connectivity index (χ1v) is 7.56. The molecule has 2 N–H and O–H groups in total. The summed E-state index contributed by atoms with van der Waals surface area (Å²) >= 11 is 0. The van der Waals surface area contributed by atoms with Gasteiger partial charge in [0, 0.05) is 13.6 Å². The molecule has 0 atom stereocenters. The van der Waals surface area contributed by atoms with Crippen molar-refractivity contribution in [2.45, 2.75) is 19.6 Å². The molecule has 19 heavy (non-hydrogen) atoms. The van der Waals surface area contributed by atoms with Gasteiger partial charge in [0.2, 0.25) is 10.0 Å². The van der Waals surface area contributed by atoms with Crippen LogP contribution in [-0.4, -0.2) is 32.9 Å². The lowest BCUT2D eigenvalue weighted by atomic mass is 9.94. The van der Waals surface area contributed by atoms with Crippen LogP contribution in [-0.2, 0) is 15.8 Å². The van der Waals surface area contributed by atoms with Crippen LogP contribution < -0.4 is 5.73 Å². The van der Waals surface area contributed by atoms with E-state index in [2.05, 4.69) is 0 Å². The second-order valence-corrected chi connectivity index (χ2v) is 7.44. The van der Waals surface area contributed by atoms with Gasteiger partial charge < -0.3 is 5.73 Å². The van der Waals surface area contributed by atoms with Gasteiger partial charge in [-0.05, 0) is 17.5 Å². The molecular weight excluding hydrogens is 284 g/mol. The van der Waals surface area contributed by atoms with Crippen LogP contribution in [0.5, 0.6) is 0 Å². The van der Waals surface area contributed by atoms with Crippen molar-refractivity contribution >= 4 is 22.4 Å². The molecule has 0 radical (unpaired) electrons. The molecule has 0 aliphatic heterocycles. The summed E-state index contributed by atoms with van der Waals surface area (Å²) in [4.78, 5) is 0. The summed E-state index contributed by atoms with van der Waals surface area (Å²) in [6.45, 7) is 4.81. The third-order valence-electron chi connectivity index (χ3n) is 2.87. The van der Waals surface area contributed by atoms with Gasteiger partial charge in [-0.2, -0.15) is 0 Å². The Kier molecular flexibility index (Phi) is 7.00. The predicted molar refractivity (Wildman–Crippen MR) is 81.8 cm³/mol. The monoisotopic (exact) mass is 306 g/mol. The van der Waals surface area contributed by atoms with Crippen LogP contribution in [0.1, 0.15) is 19.4 Å². The van der Waals surface area contributed by atoms with Crippen LogP contribution in [0.25, 0.3) is 0 Å². The fourth-order valence-electron chi connectivity index (χ4n) is 1.66. The molecule has 0 spiro atoms. The lowest BCUT2D eigenvalue weighted by Gasteiger charge is -2.28. The maximum absolute atomic E-state index is 12.2. The largest absolute Gasteiger partial charge is 0.330 e. The number of benzene rings is 1. The first-order chi connectivity index (χ1) is 8.27. The highest BCUT2D eigenvalue weighted by molar-refractivity contribution is 7.88. The van der Waals surface area contributed by atoms with Gasteiger partial charge in [0.05, 0.1) is 5.75 Å². The van der Waals surface area contributed by atoms with Crippen LogP contribution in [0.2, 0.25) is 0 Å². The molecule has 0 bridgehead atoms. The zero-order valence-electron chi connectivity index (χ0n) is 11.7. The van der Waals surface area contributed by atoms with Gasteiger partial charge >= 0.3 is 0 Å². The van der Waals surface area contributed by atoms with E-state index in [0.717, 1.165) is 5.56 Å². The summed E-state index contributed by atoms with van der Waals surface area (Å²) in [5.41, 5.74) is 6.22. The number of sulfonamides is 1. The van der Waals surface area contributed by atoms with Crippen molar-refractivity contribution in [1.82, 2.24) is 4.31 Å². The minimum absolute atomic E-state index is 0. The third kappa shape index (κ3) is 5.91. The van der Waals surface area contributed by atoms with E-state index in [1.54, 1.807) is 7.05 Å². The molecule has 4 nitrogen and oxygen atoms in total. The summed E-state index contributed by atoms with van der Waals surface area (Å²) in [5, 5.41) is 0. The average molecular weight is 307 g/mol. The molecule has 0 aromatic heterocycles. The van der Waals surface area contributed by atoms with E-state index in [1.165, 1.54) is 4.31 Å². The van der Waals surface area contributed by atoms with Crippen LogP contribution in [0, 0.1) is 5.41 Å². The van der Waals surface area contributed by atoms with E-state index in [9.17, 15) is 8.42 Å². The van der Waals surface area contributed by atoms with Crippen molar-refractivity contribution in [1.29, 1.82) is 0 Å². The standard InChI is InChI=1S/C13H22N2O2S.ClH/c1-13(2,10-14)11-15(3)18(16,17)9-12-7-5-4-6-8-12;/h4-8H,9-11,14H2,1-3H3;1H. The summed E-state index contributed by atoms with van der Waals surface area (Å²) < 4.78 is 25.8. The van der Waals surface area contributed by atoms with E-state index >= 15 is 0 Å². The van der Waals surface area contributed by atoms with Gasteiger partial charge in [0.25, 0.3) is 0 Å². The molecule has 110 valence electrons. The maximum Gasteiger partial charge on any atom is 0.218 e. The fraction of sp³-hybridized carbons (Fsp3) is 0.538. The molecule has 0 aliphatic carbocycles. The van der Waals surface area contributed by atoms with Crippen molar-refractivity contribution in [2.24, 2.45) is 11.1 Å². The number of halogens is 1. The van der Waals surface area contributed by atoms with E-state index in [0.29, 0.717) is 13.1 Å².